The molecule has 8 heteroatoms. The Hall–Kier alpha value is -2.48. The summed E-state index contributed by atoms with van der Waals surface area (Å²) in [7, 11) is 2.94. The van der Waals surface area contributed by atoms with Gasteiger partial charge in [-0.05, 0) is 13.3 Å². The third-order valence-electron chi connectivity index (χ3n) is 2.66. The van der Waals surface area contributed by atoms with Crippen LogP contribution in [0.3, 0.4) is 0 Å². The van der Waals surface area contributed by atoms with Gasteiger partial charge in [0.05, 0.1) is 19.9 Å². The summed E-state index contributed by atoms with van der Waals surface area (Å²) >= 11 is 0. The second-order valence-corrected chi connectivity index (χ2v) is 4.24. The highest BCUT2D eigenvalue weighted by Gasteiger charge is 2.14. The van der Waals surface area contributed by atoms with Crippen LogP contribution in [0.4, 0.5) is 0 Å². The second kappa shape index (κ2) is 10.3. The summed E-state index contributed by atoms with van der Waals surface area (Å²) in [6, 6.07) is -1.06. The molecule has 8 nitrogen and oxygen atoms in total. The Morgan fingerprint density at radius 2 is 1.95 bits per heavy atom. The van der Waals surface area contributed by atoms with E-state index in [-0.39, 0.29) is 12.8 Å². The highest BCUT2D eigenvalue weighted by molar-refractivity contribution is 5.78. The molecule has 0 radical (unpaired) electrons. The van der Waals surface area contributed by atoms with E-state index in [1.165, 1.54) is 14.2 Å². The van der Waals surface area contributed by atoms with Crippen LogP contribution in [0.2, 0.25) is 0 Å². The summed E-state index contributed by atoms with van der Waals surface area (Å²) in [4.78, 5) is 22.2. The number of carboxylic acid groups (broad SMARTS) is 1. The van der Waals surface area contributed by atoms with E-state index in [0.717, 1.165) is 0 Å². The first kappa shape index (κ1) is 19.5. The molecule has 1 unspecified atom stereocenters. The van der Waals surface area contributed by atoms with Gasteiger partial charge >= 0.3 is 5.97 Å². The first-order chi connectivity index (χ1) is 10.3. The van der Waals surface area contributed by atoms with E-state index in [9.17, 15) is 9.59 Å². The van der Waals surface area contributed by atoms with Gasteiger partial charge in [0.1, 0.15) is 17.6 Å². The number of allylic oxidation sites excluding steroid dienone is 2. The van der Waals surface area contributed by atoms with Crippen LogP contribution in [0.25, 0.3) is 0 Å². The summed E-state index contributed by atoms with van der Waals surface area (Å²) < 4.78 is 10.1. The summed E-state index contributed by atoms with van der Waals surface area (Å²) in [5.41, 5.74) is 10.9. The Bertz CT molecular complexity index is 471. The number of hydrogen-bond acceptors (Lipinski definition) is 6. The minimum absolute atomic E-state index is 0.0196. The zero-order valence-electron chi connectivity index (χ0n) is 13.0. The van der Waals surface area contributed by atoms with Gasteiger partial charge in [0.15, 0.2) is 0 Å². The molecule has 1 atom stereocenters. The van der Waals surface area contributed by atoms with E-state index < -0.39 is 17.9 Å². The van der Waals surface area contributed by atoms with Crippen molar-refractivity contribution in [3.63, 3.8) is 0 Å². The second-order valence-electron chi connectivity index (χ2n) is 4.24. The largest absolute Gasteiger partial charge is 0.497 e. The first-order valence-corrected chi connectivity index (χ1v) is 6.54. The highest BCUT2D eigenvalue weighted by atomic mass is 16.5. The monoisotopic (exact) mass is 313 g/mol. The highest BCUT2D eigenvalue weighted by Crippen LogP contribution is 2.10. The Labute approximate surface area is 129 Å². The lowest BCUT2D eigenvalue weighted by atomic mass is 10.2. The average molecular weight is 313 g/mol. The molecule has 124 valence electrons. The number of rotatable bonds is 10. The maximum Gasteiger partial charge on any atom is 0.320 e. The number of nitrogens with two attached hydrogens (primary N) is 1. The van der Waals surface area contributed by atoms with Crippen molar-refractivity contribution < 1.29 is 24.2 Å². The topological polar surface area (TPSA) is 123 Å². The molecule has 1 amide bonds. The van der Waals surface area contributed by atoms with Gasteiger partial charge in [-0.3, -0.25) is 20.4 Å². The quantitative estimate of drug-likeness (QED) is 0.261. The summed E-state index contributed by atoms with van der Waals surface area (Å²) in [5, 5.41) is 8.64. The number of amides is 1. The molecule has 22 heavy (non-hydrogen) atoms. The number of carbonyl (C=O) groups is 2. The van der Waals surface area contributed by atoms with Crippen molar-refractivity contribution in [2.45, 2.75) is 25.8 Å². The van der Waals surface area contributed by atoms with Crippen LogP contribution >= 0.6 is 0 Å². The SMILES string of the molecule is C=C(/C=C(OC)\C(=C/C)NNC(=O)CCC(N)C(=O)O)OC. The molecule has 0 aliphatic rings. The van der Waals surface area contributed by atoms with Gasteiger partial charge in [0.2, 0.25) is 5.91 Å². The van der Waals surface area contributed by atoms with Crippen molar-refractivity contribution in [1.29, 1.82) is 0 Å². The van der Waals surface area contributed by atoms with E-state index in [1.54, 1.807) is 19.1 Å². The molecule has 0 heterocycles. The fourth-order valence-electron chi connectivity index (χ4n) is 1.34. The maximum atomic E-state index is 11.6. The number of ether oxygens (including phenoxy) is 2. The van der Waals surface area contributed by atoms with Crippen molar-refractivity contribution in [2.24, 2.45) is 5.73 Å². The molecule has 0 saturated heterocycles. The van der Waals surface area contributed by atoms with Crippen molar-refractivity contribution in [2.75, 3.05) is 14.2 Å². The number of hydrazine groups is 1. The molecule has 0 aromatic carbocycles. The van der Waals surface area contributed by atoms with E-state index in [4.69, 9.17) is 20.3 Å². The van der Waals surface area contributed by atoms with Crippen LogP contribution < -0.4 is 16.6 Å². The third kappa shape index (κ3) is 7.34. The Balaban J connectivity index is 4.52. The molecule has 5 N–H and O–H groups in total. The van der Waals surface area contributed by atoms with E-state index in [2.05, 4.69) is 17.4 Å². The number of nitrogens with one attached hydrogen (secondary N) is 2. The van der Waals surface area contributed by atoms with Crippen molar-refractivity contribution in [3.8, 4) is 0 Å². The summed E-state index contributed by atoms with van der Waals surface area (Å²) in [6.45, 7) is 5.40. The van der Waals surface area contributed by atoms with Gasteiger partial charge in [-0.15, -0.1) is 0 Å². The molecule has 0 aliphatic heterocycles. The maximum absolute atomic E-state index is 11.6. The van der Waals surface area contributed by atoms with E-state index >= 15 is 0 Å². The van der Waals surface area contributed by atoms with Crippen LogP contribution in [-0.2, 0) is 19.1 Å². The van der Waals surface area contributed by atoms with Crippen molar-refractivity contribution in [1.82, 2.24) is 10.9 Å². The molecular weight excluding hydrogens is 290 g/mol. The predicted molar refractivity (Wildman–Crippen MR) is 81.1 cm³/mol. The Morgan fingerprint density at radius 1 is 1.32 bits per heavy atom. The molecule has 0 rings (SSSR count). The fraction of sp³-hybridized carbons (Fsp3) is 0.429. The van der Waals surface area contributed by atoms with Gasteiger partial charge in [-0.2, -0.15) is 0 Å². The normalized spacial score (nSPS) is 13.1. The Kier molecular flexibility index (Phi) is 9.12. The standard InChI is InChI=1S/C14H23N3O5/c1-5-11(12(22-4)8-9(2)21-3)16-17-13(18)7-6-10(15)14(19)20/h5,8,10,16H,2,6-7,15H2,1,3-4H3,(H,17,18)(H,19,20)/b11-5+,12-8+. The molecule has 0 bridgehead atoms. The zero-order chi connectivity index (χ0) is 17.1. The third-order valence-corrected chi connectivity index (χ3v) is 2.66. The first-order valence-electron chi connectivity index (χ1n) is 6.54. The number of hydrogen-bond donors (Lipinski definition) is 4. The minimum Gasteiger partial charge on any atom is -0.497 e. The molecule has 0 spiro atoms. The molecule has 0 saturated carbocycles. The van der Waals surface area contributed by atoms with Crippen LogP contribution in [0.15, 0.2) is 35.9 Å². The smallest absolute Gasteiger partial charge is 0.320 e. The van der Waals surface area contributed by atoms with Gasteiger partial charge in [-0.25, -0.2) is 0 Å². The van der Waals surface area contributed by atoms with E-state index in [1.807, 2.05) is 0 Å². The average Bonchev–Trinajstić information content (AvgIpc) is 2.51. The van der Waals surface area contributed by atoms with Crippen LogP contribution in [0, 0.1) is 0 Å². The lowest BCUT2D eigenvalue weighted by Crippen LogP contribution is -2.39. The van der Waals surface area contributed by atoms with Gasteiger partial charge < -0.3 is 20.3 Å². The number of methoxy groups -OCH3 is 2. The van der Waals surface area contributed by atoms with Gasteiger partial charge in [0, 0.05) is 12.5 Å². The van der Waals surface area contributed by atoms with Crippen LogP contribution in [0.1, 0.15) is 19.8 Å². The molecule has 0 aliphatic carbocycles. The van der Waals surface area contributed by atoms with Crippen molar-refractivity contribution >= 4 is 11.9 Å². The molecule has 0 fully saturated rings. The number of carboxylic acids is 1. The van der Waals surface area contributed by atoms with Crippen molar-refractivity contribution in [3.05, 3.63) is 35.9 Å². The van der Waals surface area contributed by atoms with Gasteiger partial charge in [0.25, 0.3) is 0 Å². The Morgan fingerprint density at radius 3 is 2.41 bits per heavy atom. The summed E-state index contributed by atoms with van der Waals surface area (Å²) in [6.07, 6.45) is 3.26. The lowest BCUT2D eigenvalue weighted by Gasteiger charge is -2.15. The van der Waals surface area contributed by atoms with Gasteiger partial charge in [-0.1, -0.05) is 12.7 Å². The van der Waals surface area contributed by atoms with E-state index in [0.29, 0.717) is 17.2 Å². The zero-order valence-corrected chi connectivity index (χ0v) is 13.0. The molecule has 0 aromatic heterocycles. The van der Waals surface area contributed by atoms with Crippen LogP contribution in [0.5, 0.6) is 0 Å². The molecular formula is C14H23N3O5. The van der Waals surface area contributed by atoms with Crippen LogP contribution in [-0.4, -0.2) is 37.2 Å². The predicted octanol–water partition coefficient (Wildman–Crippen LogP) is 0.394. The fourth-order valence-corrected chi connectivity index (χ4v) is 1.34. The lowest BCUT2D eigenvalue weighted by molar-refractivity contribution is -0.138. The minimum atomic E-state index is -1.14. The number of aliphatic carboxylic acids is 1. The summed E-state index contributed by atoms with van der Waals surface area (Å²) in [5.74, 6) is -0.733. The molecule has 0 aromatic rings. The number of carbonyl (C=O) groups excluding carboxylic acids is 1.